The molecule has 0 amide bonds. The fraction of sp³-hybridized carbons (Fsp3) is 0.333. The Morgan fingerprint density at radius 3 is 2.50 bits per heavy atom. The van der Waals surface area contributed by atoms with Crippen LogP contribution in [0.25, 0.3) is 0 Å². The molecule has 3 nitrogen and oxygen atoms in total. The molecule has 0 saturated heterocycles. The number of nitrogens with zero attached hydrogens (tertiary/aromatic N) is 1. The maximum Gasteiger partial charge on any atom is 0.184 e. The third-order valence-corrected chi connectivity index (χ3v) is 4.43. The maximum absolute atomic E-state index is 6.52. The molecule has 0 bridgehead atoms. The maximum atomic E-state index is 6.52. The zero-order valence-corrected chi connectivity index (χ0v) is 13.7. The molecule has 0 unspecified atom stereocenters. The molecule has 22 heavy (non-hydrogen) atoms. The average molecular weight is 318 g/mol. The van der Waals surface area contributed by atoms with E-state index in [1.807, 2.05) is 24.3 Å². The van der Waals surface area contributed by atoms with Crippen molar-refractivity contribution in [1.29, 1.82) is 0 Å². The van der Waals surface area contributed by atoms with Crippen LogP contribution in [0.5, 0.6) is 11.5 Å². The molecule has 0 radical (unpaired) electrons. The van der Waals surface area contributed by atoms with Gasteiger partial charge in [0.1, 0.15) is 0 Å². The fourth-order valence-corrected chi connectivity index (χ4v) is 3.34. The van der Waals surface area contributed by atoms with E-state index < -0.39 is 0 Å². The summed E-state index contributed by atoms with van der Waals surface area (Å²) in [5.41, 5.74) is 3.32. The SMILES string of the molecule is COc1cc(Cl)c2c(c1OC)N(c1ccccc1)CCCC2. The van der Waals surface area contributed by atoms with Crippen molar-refractivity contribution in [3.8, 4) is 11.5 Å². The molecule has 0 aliphatic carbocycles. The first kappa shape index (κ1) is 15.0. The van der Waals surface area contributed by atoms with E-state index in [-0.39, 0.29) is 0 Å². The van der Waals surface area contributed by atoms with Crippen LogP contribution in [0.3, 0.4) is 0 Å². The first-order valence-corrected chi connectivity index (χ1v) is 7.90. The molecule has 0 N–H and O–H groups in total. The quantitative estimate of drug-likeness (QED) is 0.809. The van der Waals surface area contributed by atoms with E-state index in [4.69, 9.17) is 21.1 Å². The summed E-state index contributed by atoms with van der Waals surface area (Å²) in [5, 5.41) is 0.746. The summed E-state index contributed by atoms with van der Waals surface area (Å²) < 4.78 is 11.1. The van der Waals surface area contributed by atoms with Crippen LogP contribution in [0.4, 0.5) is 11.4 Å². The highest BCUT2D eigenvalue weighted by Gasteiger charge is 2.26. The molecule has 0 spiro atoms. The second-order valence-electron chi connectivity index (χ2n) is 5.37. The lowest BCUT2D eigenvalue weighted by Crippen LogP contribution is -2.19. The Hall–Kier alpha value is -1.87. The van der Waals surface area contributed by atoms with Crippen molar-refractivity contribution >= 4 is 23.0 Å². The number of hydrogen-bond donors (Lipinski definition) is 0. The minimum Gasteiger partial charge on any atom is -0.493 e. The Morgan fingerprint density at radius 1 is 1.05 bits per heavy atom. The topological polar surface area (TPSA) is 21.7 Å². The third-order valence-electron chi connectivity index (χ3n) is 4.09. The van der Waals surface area contributed by atoms with Crippen molar-refractivity contribution in [2.24, 2.45) is 0 Å². The molecule has 2 aromatic rings. The van der Waals surface area contributed by atoms with E-state index in [0.29, 0.717) is 5.75 Å². The van der Waals surface area contributed by atoms with Crippen LogP contribution in [0.1, 0.15) is 18.4 Å². The lowest BCUT2D eigenvalue weighted by Gasteiger charge is -2.28. The second-order valence-corrected chi connectivity index (χ2v) is 5.77. The van der Waals surface area contributed by atoms with E-state index in [1.54, 1.807) is 14.2 Å². The molecule has 0 aromatic heterocycles. The number of halogens is 1. The smallest absolute Gasteiger partial charge is 0.184 e. The zero-order valence-electron chi connectivity index (χ0n) is 12.9. The Kier molecular flexibility index (Phi) is 4.44. The van der Waals surface area contributed by atoms with Crippen molar-refractivity contribution in [1.82, 2.24) is 0 Å². The van der Waals surface area contributed by atoms with Crippen molar-refractivity contribution in [2.45, 2.75) is 19.3 Å². The molecule has 2 aromatic carbocycles. The highest BCUT2D eigenvalue weighted by molar-refractivity contribution is 6.32. The Bertz CT molecular complexity index is 658. The Morgan fingerprint density at radius 2 is 1.82 bits per heavy atom. The number of benzene rings is 2. The van der Waals surface area contributed by atoms with Gasteiger partial charge >= 0.3 is 0 Å². The Balaban J connectivity index is 2.24. The minimum atomic E-state index is 0.675. The molecule has 116 valence electrons. The number of para-hydroxylation sites is 1. The predicted octanol–water partition coefficient (Wildman–Crippen LogP) is 4.83. The lowest BCUT2D eigenvalue weighted by atomic mass is 10.1. The molecule has 1 heterocycles. The van der Waals surface area contributed by atoms with Crippen LogP contribution in [-0.2, 0) is 6.42 Å². The van der Waals surface area contributed by atoms with Gasteiger partial charge in [-0.15, -0.1) is 0 Å². The normalized spacial score (nSPS) is 14.2. The van der Waals surface area contributed by atoms with Crippen molar-refractivity contribution in [3.63, 3.8) is 0 Å². The summed E-state index contributed by atoms with van der Waals surface area (Å²) in [7, 11) is 3.32. The van der Waals surface area contributed by atoms with Gasteiger partial charge in [0.15, 0.2) is 11.5 Å². The van der Waals surface area contributed by atoms with Gasteiger partial charge in [0.2, 0.25) is 0 Å². The number of hydrogen-bond acceptors (Lipinski definition) is 3. The van der Waals surface area contributed by atoms with Crippen molar-refractivity contribution in [3.05, 3.63) is 47.0 Å². The monoisotopic (exact) mass is 317 g/mol. The van der Waals surface area contributed by atoms with Gasteiger partial charge in [-0.2, -0.15) is 0 Å². The number of fused-ring (bicyclic) bond motifs is 1. The lowest BCUT2D eigenvalue weighted by molar-refractivity contribution is 0.355. The van der Waals surface area contributed by atoms with Gasteiger partial charge in [0.25, 0.3) is 0 Å². The van der Waals surface area contributed by atoms with Crippen molar-refractivity contribution in [2.75, 3.05) is 25.7 Å². The predicted molar refractivity (Wildman–Crippen MR) is 90.9 cm³/mol. The van der Waals surface area contributed by atoms with Crippen LogP contribution < -0.4 is 14.4 Å². The van der Waals surface area contributed by atoms with E-state index in [0.717, 1.165) is 53.5 Å². The van der Waals surface area contributed by atoms with E-state index >= 15 is 0 Å². The van der Waals surface area contributed by atoms with Gasteiger partial charge < -0.3 is 14.4 Å². The van der Waals surface area contributed by atoms with E-state index in [9.17, 15) is 0 Å². The van der Waals surface area contributed by atoms with Crippen LogP contribution in [0.2, 0.25) is 5.02 Å². The van der Waals surface area contributed by atoms with Crippen molar-refractivity contribution < 1.29 is 9.47 Å². The van der Waals surface area contributed by atoms with Crippen LogP contribution >= 0.6 is 11.6 Å². The van der Waals surface area contributed by atoms with Gasteiger partial charge in [-0.3, -0.25) is 0 Å². The van der Waals surface area contributed by atoms with Gasteiger partial charge in [-0.05, 0) is 37.0 Å². The molecule has 4 heteroatoms. The molecular formula is C18H20ClNO2. The highest BCUT2D eigenvalue weighted by Crippen LogP contribution is 2.48. The summed E-state index contributed by atoms with van der Waals surface area (Å²) in [5.74, 6) is 1.43. The summed E-state index contributed by atoms with van der Waals surface area (Å²) in [6, 6.07) is 12.2. The summed E-state index contributed by atoms with van der Waals surface area (Å²) in [4.78, 5) is 2.29. The summed E-state index contributed by atoms with van der Waals surface area (Å²) in [6.45, 7) is 0.941. The zero-order chi connectivity index (χ0) is 15.5. The highest BCUT2D eigenvalue weighted by atomic mass is 35.5. The largest absolute Gasteiger partial charge is 0.493 e. The van der Waals surface area contributed by atoms with Gasteiger partial charge in [0.05, 0.1) is 19.9 Å². The van der Waals surface area contributed by atoms with Crippen LogP contribution in [0.15, 0.2) is 36.4 Å². The number of anilines is 2. The average Bonchev–Trinajstić information content (AvgIpc) is 2.79. The molecular weight excluding hydrogens is 298 g/mol. The molecule has 3 rings (SSSR count). The number of methoxy groups -OCH3 is 2. The molecule has 0 saturated carbocycles. The van der Waals surface area contributed by atoms with Gasteiger partial charge in [-0.25, -0.2) is 0 Å². The van der Waals surface area contributed by atoms with E-state index in [2.05, 4.69) is 17.0 Å². The molecule has 1 aliphatic heterocycles. The summed E-state index contributed by atoms with van der Waals surface area (Å²) in [6.07, 6.45) is 3.19. The third kappa shape index (κ3) is 2.61. The van der Waals surface area contributed by atoms with Crippen LogP contribution in [-0.4, -0.2) is 20.8 Å². The Labute approximate surface area is 136 Å². The minimum absolute atomic E-state index is 0.675. The molecule has 1 aliphatic rings. The van der Waals surface area contributed by atoms with Gasteiger partial charge in [-0.1, -0.05) is 29.8 Å². The number of ether oxygens (including phenoxy) is 2. The summed E-state index contributed by atoms with van der Waals surface area (Å²) >= 11 is 6.52. The first-order chi connectivity index (χ1) is 10.8. The standard InChI is InChI=1S/C18H20ClNO2/c1-21-16-12-15(19)14-10-6-7-11-20(17(14)18(16)22-2)13-8-4-3-5-9-13/h3-5,8-9,12H,6-7,10-11H2,1-2H3. The van der Waals surface area contributed by atoms with Gasteiger partial charge in [0, 0.05) is 23.3 Å². The first-order valence-electron chi connectivity index (χ1n) is 7.52. The van der Waals surface area contributed by atoms with E-state index in [1.165, 1.54) is 0 Å². The molecule has 0 atom stereocenters. The fourth-order valence-electron chi connectivity index (χ4n) is 3.06. The second kappa shape index (κ2) is 6.49. The molecule has 0 fully saturated rings. The van der Waals surface area contributed by atoms with Crippen LogP contribution in [0, 0.1) is 0 Å². The number of rotatable bonds is 3.